The molecule has 0 aliphatic rings. The predicted octanol–water partition coefficient (Wildman–Crippen LogP) is 3.94. The lowest BCUT2D eigenvalue weighted by Gasteiger charge is -2.08. The van der Waals surface area contributed by atoms with E-state index in [1.54, 1.807) is 0 Å². The summed E-state index contributed by atoms with van der Waals surface area (Å²) in [5.74, 6) is 0. The molecule has 0 atom stereocenters. The van der Waals surface area contributed by atoms with Gasteiger partial charge in [-0.2, -0.15) is 0 Å². The van der Waals surface area contributed by atoms with Crippen molar-refractivity contribution in [2.75, 3.05) is 12.4 Å². The number of aromatic nitrogens is 1. The highest BCUT2D eigenvalue weighted by atomic mass is 14.8. The number of nitrogens with one attached hydrogen (secondary N) is 1. The van der Waals surface area contributed by atoms with Gasteiger partial charge in [-0.15, -0.1) is 0 Å². The Hall–Kier alpha value is -2.35. The quantitative estimate of drug-likeness (QED) is 0.726. The van der Waals surface area contributed by atoms with Crippen LogP contribution >= 0.6 is 0 Å². The van der Waals surface area contributed by atoms with Gasteiger partial charge in [-0.05, 0) is 40.8 Å². The molecule has 2 nitrogen and oxygen atoms in total. The maximum Gasteiger partial charge on any atom is 0.0417 e. The lowest BCUT2D eigenvalue weighted by atomic mass is 10.0. The summed E-state index contributed by atoms with van der Waals surface area (Å²) in [5.41, 5.74) is 3.58. The zero-order valence-electron chi connectivity index (χ0n) is 10.2. The smallest absolute Gasteiger partial charge is 0.0417 e. The molecule has 0 aliphatic heterocycles. The van der Waals surface area contributed by atoms with E-state index >= 15 is 0 Å². The summed E-state index contributed by atoms with van der Waals surface area (Å²) in [6.45, 7) is 0. The molecule has 0 fully saturated rings. The predicted molar refractivity (Wildman–Crippen MR) is 76.7 cm³/mol. The largest absolute Gasteiger partial charge is 0.388 e. The van der Waals surface area contributed by atoms with Gasteiger partial charge in [0.25, 0.3) is 0 Å². The third kappa shape index (κ3) is 1.82. The lowest BCUT2D eigenvalue weighted by Crippen LogP contribution is -1.89. The van der Waals surface area contributed by atoms with Crippen molar-refractivity contribution >= 4 is 16.5 Å². The van der Waals surface area contributed by atoms with Crippen molar-refractivity contribution in [3.63, 3.8) is 0 Å². The minimum absolute atomic E-state index is 1.16. The standard InChI is InChI=1S/C16H14N2/c1-17-16-4-2-3-14-11-13(5-6-15(14)16)12-7-9-18-10-8-12/h2-11,17H,1H3. The van der Waals surface area contributed by atoms with Crippen molar-refractivity contribution in [3.05, 3.63) is 60.9 Å². The summed E-state index contributed by atoms with van der Waals surface area (Å²) in [6, 6.07) is 16.9. The van der Waals surface area contributed by atoms with E-state index < -0.39 is 0 Å². The average molecular weight is 234 g/mol. The monoisotopic (exact) mass is 234 g/mol. The highest BCUT2D eigenvalue weighted by Crippen LogP contribution is 2.28. The first-order valence-electron chi connectivity index (χ1n) is 5.99. The molecule has 0 spiro atoms. The number of hydrogen-bond acceptors (Lipinski definition) is 2. The van der Waals surface area contributed by atoms with Gasteiger partial charge in [-0.1, -0.05) is 24.3 Å². The highest BCUT2D eigenvalue weighted by molar-refractivity contribution is 5.96. The van der Waals surface area contributed by atoms with Crippen LogP contribution in [0.1, 0.15) is 0 Å². The van der Waals surface area contributed by atoms with E-state index in [0.29, 0.717) is 0 Å². The van der Waals surface area contributed by atoms with Gasteiger partial charge in [-0.3, -0.25) is 4.98 Å². The Bertz CT molecular complexity index is 675. The summed E-state index contributed by atoms with van der Waals surface area (Å²) in [6.07, 6.45) is 3.65. The Balaban J connectivity index is 2.18. The van der Waals surface area contributed by atoms with Gasteiger partial charge in [0.1, 0.15) is 0 Å². The molecule has 3 aromatic rings. The van der Waals surface area contributed by atoms with Crippen LogP contribution in [-0.2, 0) is 0 Å². The molecular weight excluding hydrogens is 220 g/mol. The van der Waals surface area contributed by atoms with Gasteiger partial charge in [0, 0.05) is 30.5 Å². The van der Waals surface area contributed by atoms with E-state index in [4.69, 9.17) is 0 Å². The fourth-order valence-corrected chi connectivity index (χ4v) is 2.23. The van der Waals surface area contributed by atoms with Crippen LogP contribution in [0.3, 0.4) is 0 Å². The molecule has 0 saturated heterocycles. The van der Waals surface area contributed by atoms with Crippen molar-refractivity contribution in [1.29, 1.82) is 0 Å². The van der Waals surface area contributed by atoms with Gasteiger partial charge in [-0.25, -0.2) is 0 Å². The van der Waals surface area contributed by atoms with Crippen LogP contribution in [0.15, 0.2) is 60.9 Å². The van der Waals surface area contributed by atoms with Crippen LogP contribution in [0.4, 0.5) is 5.69 Å². The second kappa shape index (κ2) is 4.49. The van der Waals surface area contributed by atoms with Crippen LogP contribution < -0.4 is 5.32 Å². The molecule has 1 N–H and O–H groups in total. The molecule has 18 heavy (non-hydrogen) atoms. The molecule has 3 rings (SSSR count). The van der Waals surface area contributed by atoms with Crippen LogP contribution in [0.5, 0.6) is 0 Å². The van der Waals surface area contributed by atoms with E-state index in [0.717, 1.165) is 5.69 Å². The Morgan fingerprint density at radius 1 is 0.889 bits per heavy atom. The van der Waals surface area contributed by atoms with E-state index in [-0.39, 0.29) is 0 Å². The van der Waals surface area contributed by atoms with Gasteiger partial charge >= 0.3 is 0 Å². The van der Waals surface area contributed by atoms with Crippen molar-refractivity contribution in [1.82, 2.24) is 4.98 Å². The van der Waals surface area contributed by atoms with Crippen molar-refractivity contribution in [3.8, 4) is 11.1 Å². The summed E-state index contributed by atoms with van der Waals surface area (Å²) >= 11 is 0. The fourth-order valence-electron chi connectivity index (χ4n) is 2.23. The molecule has 1 heterocycles. The Morgan fingerprint density at radius 3 is 2.50 bits per heavy atom. The lowest BCUT2D eigenvalue weighted by molar-refractivity contribution is 1.33. The van der Waals surface area contributed by atoms with Crippen LogP contribution in [0.2, 0.25) is 0 Å². The number of rotatable bonds is 2. The number of pyridine rings is 1. The minimum Gasteiger partial charge on any atom is -0.388 e. The zero-order valence-corrected chi connectivity index (χ0v) is 10.2. The minimum atomic E-state index is 1.16. The maximum absolute atomic E-state index is 4.05. The molecule has 2 heteroatoms. The molecule has 0 bridgehead atoms. The number of fused-ring (bicyclic) bond motifs is 1. The van der Waals surface area contributed by atoms with Crippen molar-refractivity contribution in [2.45, 2.75) is 0 Å². The molecular formula is C16H14N2. The third-order valence-corrected chi connectivity index (χ3v) is 3.16. The second-order valence-corrected chi connectivity index (χ2v) is 4.23. The Morgan fingerprint density at radius 2 is 1.72 bits per heavy atom. The number of benzene rings is 2. The van der Waals surface area contributed by atoms with E-state index in [1.165, 1.54) is 21.9 Å². The molecule has 88 valence electrons. The van der Waals surface area contributed by atoms with E-state index in [2.05, 4.69) is 46.7 Å². The number of nitrogens with zero attached hydrogens (tertiary/aromatic N) is 1. The number of hydrogen-bond donors (Lipinski definition) is 1. The third-order valence-electron chi connectivity index (χ3n) is 3.16. The van der Waals surface area contributed by atoms with Crippen molar-refractivity contribution in [2.24, 2.45) is 0 Å². The van der Waals surface area contributed by atoms with Gasteiger partial charge in [0.15, 0.2) is 0 Å². The SMILES string of the molecule is CNc1cccc2cc(-c3ccncc3)ccc12. The van der Waals surface area contributed by atoms with Crippen LogP contribution in [0.25, 0.3) is 21.9 Å². The van der Waals surface area contributed by atoms with Gasteiger partial charge in [0.05, 0.1) is 0 Å². The topological polar surface area (TPSA) is 24.9 Å². The van der Waals surface area contributed by atoms with Gasteiger partial charge in [0.2, 0.25) is 0 Å². The van der Waals surface area contributed by atoms with Crippen molar-refractivity contribution < 1.29 is 0 Å². The second-order valence-electron chi connectivity index (χ2n) is 4.23. The van der Waals surface area contributed by atoms with E-state index in [1.807, 2.05) is 31.6 Å². The van der Waals surface area contributed by atoms with E-state index in [9.17, 15) is 0 Å². The first-order valence-corrected chi connectivity index (χ1v) is 5.99. The Kier molecular flexibility index (Phi) is 2.69. The van der Waals surface area contributed by atoms with Gasteiger partial charge < -0.3 is 5.32 Å². The maximum atomic E-state index is 4.05. The summed E-state index contributed by atoms with van der Waals surface area (Å²) in [7, 11) is 1.95. The summed E-state index contributed by atoms with van der Waals surface area (Å²) < 4.78 is 0. The molecule has 0 aliphatic carbocycles. The summed E-state index contributed by atoms with van der Waals surface area (Å²) in [4.78, 5) is 4.05. The molecule has 1 aromatic heterocycles. The molecule has 0 amide bonds. The zero-order chi connectivity index (χ0) is 12.4. The first kappa shape index (κ1) is 10.8. The summed E-state index contributed by atoms with van der Waals surface area (Å²) in [5, 5.41) is 5.71. The van der Waals surface area contributed by atoms with Crippen LogP contribution in [-0.4, -0.2) is 12.0 Å². The normalized spacial score (nSPS) is 10.5. The molecule has 2 aromatic carbocycles. The highest BCUT2D eigenvalue weighted by Gasteiger charge is 2.02. The number of anilines is 1. The molecule has 0 saturated carbocycles. The first-order chi connectivity index (χ1) is 8.88. The van der Waals surface area contributed by atoms with Crippen LogP contribution in [0, 0.1) is 0 Å². The average Bonchev–Trinajstić information content (AvgIpc) is 2.47. The Labute approximate surface area is 106 Å². The fraction of sp³-hybridized carbons (Fsp3) is 0.0625. The molecule has 0 radical (unpaired) electrons. The molecule has 0 unspecified atom stereocenters.